The fourth-order valence-corrected chi connectivity index (χ4v) is 1.34. The van der Waals surface area contributed by atoms with Crippen molar-refractivity contribution in [2.75, 3.05) is 33.1 Å². The number of amides is 1. The molecule has 1 aromatic carbocycles. The van der Waals surface area contributed by atoms with Gasteiger partial charge in [-0.15, -0.1) is 0 Å². The minimum atomic E-state index is -0.150. The van der Waals surface area contributed by atoms with Gasteiger partial charge in [0.2, 0.25) is 0 Å². The van der Waals surface area contributed by atoms with E-state index >= 15 is 0 Å². The van der Waals surface area contributed by atoms with Crippen LogP contribution in [-0.2, 0) is 9.47 Å². The van der Waals surface area contributed by atoms with Crippen LogP contribution >= 0.6 is 0 Å². The van der Waals surface area contributed by atoms with Gasteiger partial charge in [0.15, 0.2) is 0 Å². The molecule has 0 bridgehead atoms. The van der Waals surface area contributed by atoms with Crippen LogP contribution < -0.4 is 11.1 Å². The first-order valence-electron chi connectivity index (χ1n) is 5.33. The summed E-state index contributed by atoms with van der Waals surface area (Å²) in [6, 6.07) is 6.75. The van der Waals surface area contributed by atoms with Gasteiger partial charge in [-0.05, 0) is 24.3 Å². The monoisotopic (exact) mass is 238 g/mol. The predicted molar refractivity (Wildman–Crippen MR) is 65.9 cm³/mol. The average Bonchev–Trinajstić information content (AvgIpc) is 2.35. The predicted octanol–water partition coefficient (Wildman–Crippen LogP) is 0.660. The van der Waals surface area contributed by atoms with E-state index in [1.165, 1.54) is 0 Å². The lowest BCUT2D eigenvalue weighted by molar-refractivity contribution is 0.0285. The van der Waals surface area contributed by atoms with E-state index in [-0.39, 0.29) is 12.0 Å². The number of hydrogen-bond acceptors (Lipinski definition) is 4. The van der Waals surface area contributed by atoms with Crippen LogP contribution in [0.2, 0.25) is 0 Å². The van der Waals surface area contributed by atoms with Crippen LogP contribution in [0.25, 0.3) is 0 Å². The van der Waals surface area contributed by atoms with Crippen molar-refractivity contribution in [3.8, 4) is 0 Å². The number of rotatable bonds is 6. The maximum Gasteiger partial charge on any atom is 0.251 e. The molecule has 0 radical (unpaired) electrons. The molecule has 0 spiro atoms. The third kappa shape index (κ3) is 4.42. The second-order valence-corrected chi connectivity index (χ2v) is 3.65. The second kappa shape index (κ2) is 6.88. The molecule has 1 unspecified atom stereocenters. The lowest BCUT2D eigenvalue weighted by Crippen LogP contribution is -2.35. The molecular weight excluding hydrogens is 220 g/mol. The highest BCUT2D eigenvalue weighted by molar-refractivity contribution is 5.94. The van der Waals surface area contributed by atoms with Crippen LogP contribution in [0, 0.1) is 0 Å². The molecule has 0 saturated carbocycles. The Balaban J connectivity index is 2.46. The number of nitrogens with one attached hydrogen (secondary N) is 1. The third-order valence-corrected chi connectivity index (χ3v) is 2.35. The Morgan fingerprint density at radius 1 is 1.35 bits per heavy atom. The summed E-state index contributed by atoms with van der Waals surface area (Å²) in [5.74, 6) is -0.150. The van der Waals surface area contributed by atoms with Crippen LogP contribution in [0.15, 0.2) is 24.3 Å². The van der Waals surface area contributed by atoms with Gasteiger partial charge >= 0.3 is 0 Å². The molecule has 0 heterocycles. The Labute approximate surface area is 101 Å². The summed E-state index contributed by atoms with van der Waals surface area (Å²) in [6.07, 6.45) is -0.141. The Morgan fingerprint density at radius 2 is 2.00 bits per heavy atom. The van der Waals surface area contributed by atoms with E-state index in [4.69, 9.17) is 15.2 Å². The molecule has 0 fully saturated rings. The number of ether oxygens (including phenoxy) is 2. The zero-order valence-corrected chi connectivity index (χ0v) is 10.1. The zero-order valence-electron chi connectivity index (χ0n) is 10.1. The molecule has 0 saturated heterocycles. The number of anilines is 1. The summed E-state index contributed by atoms with van der Waals surface area (Å²) in [5.41, 5.74) is 6.75. The largest absolute Gasteiger partial charge is 0.399 e. The van der Waals surface area contributed by atoms with Crippen molar-refractivity contribution in [2.24, 2.45) is 0 Å². The molecule has 1 rings (SSSR count). The minimum absolute atomic E-state index is 0.141. The van der Waals surface area contributed by atoms with Gasteiger partial charge in [-0.25, -0.2) is 0 Å². The van der Waals surface area contributed by atoms with Gasteiger partial charge in [-0.1, -0.05) is 0 Å². The van der Waals surface area contributed by atoms with Gasteiger partial charge in [0.05, 0.1) is 12.7 Å². The number of nitrogens with two attached hydrogens (primary N) is 1. The molecule has 3 N–H and O–H groups in total. The number of hydrogen-bond donors (Lipinski definition) is 2. The van der Waals surface area contributed by atoms with E-state index < -0.39 is 0 Å². The normalized spacial score (nSPS) is 12.1. The van der Waals surface area contributed by atoms with Gasteiger partial charge in [-0.2, -0.15) is 0 Å². The SMILES string of the molecule is COCC(CNC(=O)c1ccc(N)cc1)OC. The van der Waals surface area contributed by atoms with Gasteiger partial charge in [0.25, 0.3) is 5.91 Å². The van der Waals surface area contributed by atoms with E-state index in [0.29, 0.717) is 24.4 Å². The molecule has 1 aromatic rings. The van der Waals surface area contributed by atoms with Gasteiger partial charge in [-0.3, -0.25) is 4.79 Å². The topological polar surface area (TPSA) is 73.6 Å². The Bertz CT molecular complexity index is 351. The number of nitrogen functional groups attached to an aromatic ring is 1. The summed E-state index contributed by atoms with van der Waals surface area (Å²) in [7, 11) is 3.17. The van der Waals surface area contributed by atoms with Gasteiger partial charge in [0, 0.05) is 32.0 Å². The van der Waals surface area contributed by atoms with Crippen LogP contribution in [-0.4, -0.2) is 39.4 Å². The van der Waals surface area contributed by atoms with E-state index in [1.807, 2.05) is 0 Å². The lowest BCUT2D eigenvalue weighted by Gasteiger charge is -2.14. The van der Waals surface area contributed by atoms with Crippen LogP contribution in [0.3, 0.4) is 0 Å². The highest BCUT2D eigenvalue weighted by Gasteiger charge is 2.10. The van der Waals surface area contributed by atoms with Crippen molar-refractivity contribution in [3.05, 3.63) is 29.8 Å². The first kappa shape index (κ1) is 13.5. The summed E-state index contributed by atoms with van der Waals surface area (Å²) in [6.45, 7) is 0.853. The molecule has 1 amide bonds. The Hall–Kier alpha value is -1.59. The lowest BCUT2D eigenvalue weighted by atomic mass is 10.2. The van der Waals surface area contributed by atoms with Crippen molar-refractivity contribution in [1.29, 1.82) is 0 Å². The quantitative estimate of drug-likeness (QED) is 0.714. The first-order chi connectivity index (χ1) is 8.17. The molecule has 0 aromatic heterocycles. The van der Waals surface area contributed by atoms with Gasteiger partial charge in [0.1, 0.15) is 0 Å². The van der Waals surface area contributed by atoms with E-state index in [2.05, 4.69) is 5.32 Å². The maximum absolute atomic E-state index is 11.7. The minimum Gasteiger partial charge on any atom is -0.399 e. The van der Waals surface area contributed by atoms with E-state index in [9.17, 15) is 4.79 Å². The molecular formula is C12H18N2O3. The highest BCUT2D eigenvalue weighted by Crippen LogP contribution is 2.05. The molecule has 0 aliphatic heterocycles. The Kier molecular flexibility index (Phi) is 5.45. The molecule has 0 aliphatic rings. The number of carbonyl (C=O) groups is 1. The number of methoxy groups -OCH3 is 2. The fourth-order valence-electron chi connectivity index (χ4n) is 1.34. The van der Waals surface area contributed by atoms with E-state index in [1.54, 1.807) is 38.5 Å². The van der Waals surface area contributed by atoms with Crippen molar-refractivity contribution in [3.63, 3.8) is 0 Å². The molecule has 17 heavy (non-hydrogen) atoms. The van der Waals surface area contributed by atoms with Crippen LogP contribution in [0.5, 0.6) is 0 Å². The Morgan fingerprint density at radius 3 is 2.53 bits per heavy atom. The summed E-state index contributed by atoms with van der Waals surface area (Å²) in [5, 5.41) is 2.77. The van der Waals surface area contributed by atoms with Crippen molar-refractivity contribution in [2.45, 2.75) is 6.10 Å². The smallest absolute Gasteiger partial charge is 0.251 e. The molecule has 5 heteroatoms. The molecule has 94 valence electrons. The maximum atomic E-state index is 11.7. The standard InChI is InChI=1S/C12H18N2O3/c1-16-8-11(17-2)7-14-12(15)9-3-5-10(13)6-4-9/h3-6,11H,7-8,13H2,1-2H3,(H,14,15). The highest BCUT2D eigenvalue weighted by atomic mass is 16.5. The summed E-state index contributed by atoms with van der Waals surface area (Å²) < 4.78 is 10.1. The number of benzene rings is 1. The summed E-state index contributed by atoms with van der Waals surface area (Å²) >= 11 is 0. The molecule has 0 aliphatic carbocycles. The van der Waals surface area contributed by atoms with Crippen LogP contribution in [0.1, 0.15) is 10.4 Å². The van der Waals surface area contributed by atoms with Crippen molar-refractivity contribution in [1.82, 2.24) is 5.32 Å². The average molecular weight is 238 g/mol. The van der Waals surface area contributed by atoms with E-state index in [0.717, 1.165) is 0 Å². The van der Waals surface area contributed by atoms with Gasteiger partial charge < -0.3 is 20.5 Å². The number of carbonyl (C=O) groups excluding carboxylic acids is 1. The zero-order chi connectivity index (χ0) is 12.7. The summed E-state index contributed by atoms with van der Waals surface area (Å²) in [4.78, 5) is 11.7. The second-order valence-electron chi connectivity index (χ2n) is 3.65. The first-order valence-corrected chi connectivity index (χ1v) is 5.33. The van der Waals surface area contributed by atoms with Crippen molar-refractivity contribution >= 4 is 11.6 Å². The van der Waals surface area contributed by atoms with Crippen LogP contribution in [0.4, 0.5) is 5.69 Å². The molecule has 1 atom stereocenters. The fraction of sp³-hybridized carbons (Fsp3) is 0.417. The third-order valence-electron chi connectivity index (χ3n) is 2.35. The molecule has 5 nitrogen and oxygen atoms in total. The van der Waals surface area contributed by atoms with Crippen molar-refractivity contribution < 1.29 is 14.3 Å².